The third kappa shape index (κ3) is 4.69. The number of piperidine rings is 1. The van der Waals surface area contributed by atoms with E-state index in [-0.39, 0.29) is 18.1 Å². The van der Waals surface area contributed by atoms with E-state index in [9.17, 15) is 10.1 Å². The summed E-state index contributed by atoms with van der Waals surface area (Å²) in [5.41, 5.74) is 0.0362. The maximum Gasteiger partial charge on any atom is 0.310 e. The summed E-state index contributed by atoms with van der Waals surface area (Å²) in [5, 5.41) is 14.2. The molecule has 1 aliphatic rings. The number of nitro groups is 1. The van der Waals surface area contributed by atoms with E-state index in [1.54, 1.807) is 18.2 Å². The molecular formula is C13H19ClN2O3. The minimum atomic E-state index is -0.409. The second-order valence-corrected chi connectivity index (χ2v) is 4.51. The highest BCUT2D eigenvalue weighted by atomic mass is 35.5. The van der Waals surface area contributed by atoms with Gasteiger partial charge in [0.2, 0.25) is 0 Å². The normalized spacial score (nSPS) is 18.4. The third-order valence-electron chi connectivity index (χ3n) is 3.20. The number of hydrogen-bond donors (Lipinski definition) is 1. The lowest BCUT2D eigenvalue weighted by Crippen LogP contribution is -2.35. The largest absolute Gasteiger partial charge is 0.487 e. The molecule has 106 valence electrons. The van der Waals surface area contributed by atoms with Crippen molar-refractivity contribution in [3.63, 3.8) is 0 Å². The monoisotopic (exact) mass is 286 g/mol. The van der Waals surface area contributed by atoms with Crippen LogP contribution >= 0.6 is 12.4 Å². The molecule has 5 nitrogen and oxygen atoms in total. The molecule has 0 aliphatic carbocycles. The van der Waals surface area contributed by atoms with Gasteiger partial charge in [0.25, 0.3) is 0 Å². The molecule has 1 fully saturated rings. The lowest BCUT2D eigenvalue weighted by atomic mass is 10.0. The van der Waals surface area contributed by atoms with E-state index < -0.39 is 4.92 Å². The molecule has 0 spiro atoms. The number of para-hydroxylation sites is 2. The molecule has 2 rings (SSSR count). The Morgan fingerprint density at radius 1 is 1.37 bits per heavy atom. The summed E-state index contributed by atoms with van der Waals surface area (Å²) >= 11 is 0. The van der Waals surface area contributed by atoms with Gasteiger partial charge in [0.05, 0.1) is 11.5 Å². The number of nitrogens with zero attached hydrogens (tertiary/aromatic N) is 1. The number of halogens is 1. The summed E-state index contributed by atoms with van der Waals surface area (Å²) in [4.78, 5) is 10.4. The van der Waals surface area contributed by atoms with E-state index >= 15 is 0 Å². The van der Waals surface area contributed by atoms with Crippen LogP contribution in [0.5, 0.6) is 5.75 Å². The van der Waals surface area contributed by atoms with Crippen LogP contribution in [0.4, 0.5) is 5.69 Å². The Labute approximate surface area is 118 Å². The van der Waals surface area contributed by atoms with Crippen LogP contribution in [0.25, 0.3) is 0 Å². The molecule has 0 radical (unpaired) electrons. The van der Waals surface area contributed by atoms with Crippen molar-refractivity contribution in [1.82, 2.24) is 5.32 Å². The molecule has 0 saturated carbocycles. The van der Waals surface area contributed by atoms with Gasteiger partial charge in [-0.2, -0.15) is 0 Å². The van der Waals surface area contributed by atoms with Crippen molar-refractivity contribution in [3.05, 3.63) is 34.4 Å². The Morgan fingerprint density at radius 2 is 2.16 bits per heavy atom. The van der Waals surface area contributed by atoms with Crippen molar-refractivity contribution in [2.75, 3.05) is 13.2 Å². The van der Waals surface area contributed by atoms with Crippen LogP contribution in [0.1, 0.15) is 25.7 Å². The fraction of sp³-hybridized carbons (Fsp3) is 0.538. The number of ether oxygens (including phenoxy) is 1. The first-order valence-electron chi connectivity index (χ1n) is 6.37. The van der Waals surface area contributed by atoms with Crippen LogP contribution in [0.15, 0.2) is 24.3 Å². The lowest BCUT2D eigenvalue weighted by Gasteiger charge is -2.23. The first-order chi connectivity index (χ1) is 8.77. The van der Waals surface area contributed by atoms with Gasteiger partial charge in [0.15, 0.2) is 5.75 Å². The van der Waals surface area contributed by atoms with Gasteiger partial charge in [-0.25, -0.2) is 0 Å². The van der Waals surface area contributed by atoms with Gasteiger partial charge in [-0.1, -0.05) is 18.6 Å². The van der Waals surface area contributed by atoms with Crippen LogP contribution in [0.3, 0.4) is 0 Å². The van der Waals surface area contributed by atoms with Crippen LogP contribution in [-0.2, 0) is 0 Å². The number of nitrogens with one attached hydrogen (secondary N) is 1. The summed E-state index contributed by atoms with van der Waals surface area (Å²) in [6.07, 6.45) is 4.55. The fourth-order valence-electron chi connectivity index (χ4n) is 2.21. The summed E-state index contributed by atoms with van der Waals surface area (Å²) in [5.74, 6) is 0.360. The molecule has 1 aromatic rings. The van der Waals surface area contributed by atoms with E-state index in [1.807, 2.05) is 0 Å². The minimum Gasteiger partial charge on any atom is -0.487 e. The predicted molar refractivity (Wildman–Crippen MR) is 76.1 cm³/mol. The quantitative estimate of drug-likeness (QED) is 0.668. The summed E-state index contributed by atoms with van der Waals surface area (Å²) in [6.45, 7) is 1.58. The van der Waals surface area contributed by atoms with Gasteiger partial charge in [-0.05, 0) is 31.9 Å². The van der Waals surface area contributed by atoms with Crippen LogP contribution in [-0.4, -0.2) is 24.1 Å². The second kappa shape index (κ2) is 7.96. The van der Waals surface area contributed by atoms with Gasteiger partial charge < -0.3 is 10.1 Å². The Morgan fingerprint density at radius 3 is 2.84 bits per heavy atom. The summed E-state index contributed by atoms with van der Waals surface area (Å²) in [7, 11) is 0. The Kier molecular flexibility index (Phi) is 6.59. The van der Waals surface area contributed by atoms with E-state index in [0.29, 0.717) is 18.4 Å². The number of nitro benzene ring substituents is 1. The molecule has 1 atom stereocenters. The standard InChI is InChI=1S/C13H18N2O3.ClH/c16-15(17)12-6-1-2-7-13(12)18-10-8-11-5-3-4-9-14-11;/h1-2,6-7,11,14H,3-5,8-10H2;1H. The van der Waals surface area contributed by atoms with E-state index in [2.05, 4.69) is 5.32 Å². The fourth-order valence-corrected chi connectivity index (χ4v) is 2.21. The zero-order valence-electron chi connectivity index (χ0n) is 10.7. The second-order valence-electron chi connectivity index (χ2n) is 4.51. The highest BCUT2D eigenvalue weighted by molar-refractivity contribution is 5.85. The average molecular weight is 287 g/mol. The maximum absolute atomic E-state index is 10.8. The third-order valence-corrected chi connectivity index (χ3v) is 3.20. The number of hydrogen-bond acceptors (Lipinski definition) is 4. The average Bonchev–Trinajstić information content (AvgIpc) is 2.40. The summed E-state index contributed by atoms with van der Waals surface area (Å²) in [6, 6.07) is 7.00. The first-order valence-corrected chi connectivity index (χ1v) is 6.37. The van der Waals surface area contributed by atoms with Crippen molar-refractivity contribution < 1.29 is 9.66 Å². The van der Waals surface area contributed by atoms with E-state index in [4.69, 9.17) is 4.74 Å². The Hall–Kier alpha value is -1.33. The Bertz CT molecular complexity index is 409. The van der Waals surface area contributed by atoms with Gasteiger partial charge in [0, 0.05) is 12.1 Å². The van der Waals surface area contributed by atoms with Crippen molar-refractivity contribution in [1.29, 1.82) is 0 Å². The molecule has 1 saturated heterocycles. The van der Waals surface area contributed by atoms with Gasteiger partial charge in [-0.3, -0.25) is 10.1 Å². The molecule has 1 unspecified atom stereocenters. The zero-order valence-corrected chi connectivity index (χ0v) is 11.5. The molecule has 1 aromatic carbocycles. The van der Waals surface area contributed by atoms with Gasteiger partial charge in [-0.15, -0.1) is 12.4 Å². The van der Waals surface area contributed by atoms with Crippen LogP contribution < -0.4 is 10.1 Å². The molecule has 6 heteroatoms. The smallest absolute Gasteiger partial charge is 0.310 e. The van der Waals surface area contributed by atoms with Crippen molar-refractivity contribution in [2.45, 2.75) is 31.7 Å². The van der Waals surface area contributed by atoms with Crippen molar-refractivity contribution in [2.24, 2.45) is 0 Å². The highest BCUT2D eigenvalue weighted by Gasteiger charge is 2.15. The van der Waals surface area contributed by atoms with Gasteiger partial charge >= 0.3 is 5.69 Å². The highest BCUT2D eigenvalue weighted by Crippen LogP contribution is 2.26. The van der Waals surface area contributed by atoms with Crippen molar-refractivity contribution >= 4 is 18.1 Å². The molecule has 0 amide bonds. The first kappa shape index (κ1) is 15.7. The predicted octanol–water partition coefficient (Wildman–Crippen LogP) is 2.93. The molecule has 0 aromatic heterocycles. The summed E-state index contributed by atoms with van der Waals surface area (Å²) < 4.78 is 5.52. The molecular weight excluding hydrogens is 268 g/mol. The molecule has 1 heterocycles. The maximum atomic E-state index is 10.8. The van der Waals surface area contributed by atoms with Crippen LogP contribution in [0, 0.1) is 10.1 Å². The SMILES string of the molecule is Cl.O=[N+]([O-])c1ccccc1OCCC1CCCCN1. The Balaban J connectivity index is 0.00000180. The van der Waals surface area contributed by atoms with Gasteiger partial charge in [0.1, 0.15) is 0 Å². The van der Waals surface area contributed by atoms with Crippen LogP contribution in [0.2, 0.25) is 0 Å². The van der Waals surface area contributed by atoms with E-state index in [1.165, 1.54) is 25.3 Å². The number of rotatable bonds is 5. The minimum absolute atomic E-state index is 0. The molecule has 1 N–H and O–H groups in total. The molecule has 0 bridgehead atoms. The zero-order chi connectivity index (χ0) is 12.8. The molecule has 19 heavy (non-hydrogen) atoms. The van der Waals surface area contributed by atoms with Crippen molar-refractivity contribution in [3.8, 4) is 5.75 Å². The molecule has 1 aliphatic heterocycles. The number of benzene rings is 1. The lowest BCUT2D eigenvalue weighted by molar-refractivity contribution is -0.385. The van der Waals surface area contributed by atoms with E-state index in [0.717, 1.165) is 13.0 Å². The topological polar surface area (TPSA) is 64.4 Å².